The van der Waals surface area contributed by atoms with Gasteiger partial charge in [0.25, 0.3) is 5.91 Å². The molecule has 1 fully saturated rings. The Morgan fingerprint density at radius 1 is 1.10 bits per heavy atom. The normalized spacial score (nSPS) is 16.2. The first-order chi connectivity index (χ1) is 13.9. The molecule has 0 unspecified atom stereocenters. The van der Waals surface area contributed by atoms with Crippen LogP contribution in [0, 0.1) is 0 Å². The van der Waals surface area contributed by atoms with Crippen molar-refractivity contribution in [2.24, 2.45) is 0 Å². The summed E-state index contributed by atoms with van der Waals surface area (Å²) in [5, 5.41) is 0. The number of para-hydroxylation sites is 1. The van der Waals surface area contributed by atoms with E-state index < -0.39 is 16.1 Å². The Balaban J connectivity index is 1.68. The molecule has 156 valence electrons. The van der Waals surface area contributed by atoms with E-state index in [1.54, 1.807) is 24.0 Å². The van der Waals surface area contributed by atoms with Crippen LogP contribution in [0.1, 0.15) is 13.8 Å². The lowest BCUT2D eigenvalue weighted by Gasteiger charge is -2.26. The second-order valence-corrected chi connectivity index (χ2v) is 8.60. The minimum absolute atomic E-state index is 0.163. The zero-order valence-electron chi connectivity index (χ0n) is 16.7. The molecule has 0 saturated carbocycles. The number of likely N-dealkylation sites (N-methyl/N-ethyl adjacent to an activating group) is 1. The number of ether oxygens (including phenoxy) is 2. The third-order valence-corrected chi connectivity index (χ3v) is 6.66. The smallest absolute Gasteiger partial charge is 0.267 e. The molecule has 3 rings (SSSR count). The monoisotopic (exact) mass is 418 g/mol. The molecule has 0 aliphatic carbocycles. The van der Waals surface area contributed by atoms with Crippen LogP contribution in [0.2, 0.25) is 0 Å². The van der Waals surface area contributed by atoms with E-state index >= 15 is 0 Å². The van der Waals surface area contributed by atoms with Crippen LogP contribution >= 0.6 is 0 Å². The van der Waals surface area contributed by atoms with Crippen LogP contribution in [0.3, 0.4) is 0 Å². The van der Waals surface area contributed by atoms with Crippen LogP contribution in [-0.2, 0) is 19.6 Å². The summed E-state index contributed by atoms with van der Waals surface area (Å²) >= 11 is 0. The number of carbonyl (C=O) groups is 1. The number of morpholine rings is 1. The predicted octanol–water partition coefficient (Wildman–Crippen LogP) is 2.53. The summed E-state index contributed by atoms with van der Waals surface area (Å²) in [7, 11) is -3.55. The second kappa shape index (κ2) is 9.39. The Labute approximate surface area is 171 Å². The van der Waals surface area contributed by atoms with Gasteiger partial charge in [-0.2, -0.15) is 4.31 Å². The maximum absolute atomic E-state index is 12.8. The Bertz CT molecular complexity index is 910. The molecule has 2 aromatic carbocycles. The molecule has 1 heterocycles. The Kier molecular flexibility index (Phi) is 6.89. The summed E-state index contributed by atoms with van der Waals surface area (Å²) in [4.78, 5) is 14.7. The van der Waals surface area contributed by atoms with Crippen LogP contribution in [0.15, 0.2) is 59.5 Å². The summed E-state index contributed by atoms with van der Waals surface area (Å²) in [5.41, 5.74) is 0.808. The SMILES string of the molecule is CCN(C(=O)[C@@H](C)Oc1ccc(S(=O)(=O)N2CCOCC2)cc1)c1ccccc1. The van der Waals surface area contributed by atoms with Gasteiger partial charge in [-0.15, -0.1) is 0 Å². The van der Waals surface area contributed by atoms with E-state index in [0.717, 1.165) is 5.69 Å². The van der Waals surface area contributed by atoms with Gasteiger partial charge in [0.1, 0.15) is 5.75 Å². The number of benzene rings is 2. The van der Waals surface area contributed by atoms with Crippen molar-refractivity contribution >= 4 is 21.6 Å². The minimum Gasteiger partial charge on any atom is -0.481 e. The third kappa shape index (κ3) is 4.95. The number of nitrogens with zero attached hydrogens (tertiary/aromatic N) is 2. The van der Waals surface area contributed by atoms with Crippen molar-refractivity contribution in [2.45, 2.75) is 24.8 Å². The number of amides is 1. The average molecular weight is 419 g/mol. The van der Waals surface area contributed by atoms with Gasteiger partial charge in [0, 0.05) is 25.3 Å². The summed E-state index contributed by atoms with van der Waals surface area (Å²) in [6.45, 7) is 5.60. The molecule has 8 heteroatoms. The molecule has 2 aromatic rings. The van der Waals surface area contributed by atoms with Crippen LogP contribution in [0.25, 0.3) is 0 Å². The first kappa shape index (κ1) is 21.3. The van der Waals surface area contributed by atoms with E-state index in [2.05, 4.69) is 0 Å². The molecule has 1 amide bonds. The van der Waals surface area contributed by atoms with E-state index in [-0.39, 0.29) is 10.8 Å². The largest absolute Gasteiger partial charge is 0.481 e. The molecule has 7 nitrogen and oxygen atoms in total. The summed E-state index contributed by atoms with van der Waals surface area (Å²) in [6, 6.07) is 15.6. The topological polar surface area (TPSA) is 76.2 Å². The first-order valence-corrected chi connectivity index (χ1v) is 11.1. The lowest BCUT2D eigenvalue weighted by molar-refractivity contribution is -0.124. The highest BCUT2D eigenvalue weighted by Gasteiger charge is 2.27. The summed E-state index contributed by atoms with van der Waals surface area (Å²) in [5.74, 6) is 0.277. The zero-order valence-corrected chi connectivity index (χ0v) is 17.5. The zero-order chi connectivity index (χ0) is 20.9. The van der Waals surface area contributed by atoms with E-state index in [1.165, 1.54) is 16.4 Å². The van der Waals surface area contributed by atoms with Crippen molar-refractivity contribution in [3.05, 3.63) is 54.6 Å². The molecule has 0 spiro atoms. The van der Waals surface area contributed by atoms with Crippen LogP contribution in [-0.4, -0.2) is 57.6 Å². The van der Waals surface area contributed by atoms with Gasteiger partial charge in [0.2, 0.25) is 10.0 Å². The second-order valence-electron chi connectivity index (χ2n) is 6.67. The minimum atomic E-state index is -3.55. The number of anilines is 1. The number of rotatable bonds is 7. The Morgan fingerprint density at radius 3 is 2.31 bits per heavy atom. The van der Waals surface area contributed by atoms with Crippen LogP contribution < -0.4 is 9.64 Å². The number of carbonyl (C=O) groups excluding carboxylic acids is 1. The van der Waals surface area contributed by atoms with E-state index in [0.29, 0.717) is 38.6 Å². The lowest BCUT2D eigenvalue weighted by Crippen LogP contribution is -2.40. The molecule has 0 bridgehead atoms. The molecule has 1 saturated heterocycles. The van der Waals surface area contributed by atoms with Crippen molar-refractivity contribution in [1.82, 2.24) is 4.31 Å². The van der Waals surface area contributed by atoms with Gasteiger partial charge in [-0.05, 0) is 50.2 Å². The van der Waals surface area contributed by atoms with Crippen molar-refractivity contribution in [3.8, 4) is 5.75 Å². The van der Waals surface area contributed by atoms with Crippen molar-refractivity contribution in [2.75, 3.05) is 37.7 Å². The number of sulfonamides is 1. The average Bonchev–Trinajstić information content (AvgIpc) is 2.76. The molecular weight excluding hydrogens is 392 g/mol. The van der Waals surface area contributed by atoms with Crippen LogP contribution in [0.5, 0.6) is 5.75 Å². The molecule has 1 aliphatic rings. The van der Waals surface area contributed by atoms with Gasteiger partial charge >= 0.3 is 0 Å². The highest BCUT2D eigenvalue weighted by molar-refractivity contribution is 7.89. The van der Waals surface area contributed by atoms with Gasteiger partial charge in [-0.25, -0.2) is 8.42 Å². The maximum atomic E-state index is 12.8. The van der Waals surface area contributed by atoms with Gasteiger partial charge in [0.05, 0.1) is 18.1 Å². The predicted molar refractivity (Wildman–Crippen MR) is 111 cm³/mol. The molecule has 0 aromatic heterocycles. The fraction of sp³-hybridized carbons (Fsp3) is 0.381. The molecule has 0 radical (unpaired) electrons. The Morgan fingerprint density at radius 2 is 1.72 bits per heavy atom. The quantitative estimate of drug-likeness (QED) is 0.691. The maximum Gasteiger partial charge on any atom is 0.267 e. The van der Waals surface area contributed by atoms with Gasteiger partial charge in [-0.3, -0.25) is 4.79 Å². The molecule has 1 atom stereocenters. The first-order valence-electron chi connectivity index (χ1n) is 9.64. The highest BCUT2D eigenvalue weighted by Crippen LogP contribution is 2.22. The summed E-state index contributed by atoms with van der Waals surface area (Å²) < 4.78 is 37.8. The fourth-order valence-corrected chi connectivity index (χ4v) is 4.58. The number of hydrogen-bond acceptors (Lipinski definition) is 5. The van der Waals surface area contributed by atoms with Crippen LogP contribution in [0.4, 0.5) is 5.69 Å². The van der Waals surface area contributed by atoms with E-state index in [1.807, 2.05) is 37.3 Å². The third-order valence-electron chi connectivity index (χ3n) is 4.74. The van der Waals surface area contributed by atoms with Crippen molar-refractivity contribution in [3.63, 3.8) is 0 Å². The molecule has 0 N–H and O–H groups in total. The summed E-state index contributed by atoms with van der Waals surface area (Å²) in [6.07, 6.45) is -0.711. The van der Waals surface area contributed by atoms with Crippen molar-refractivity contribution in [1.29, 1.82) is 0 Å². The van der Waals surface area contributed by atoms with Gasteiger partial charge in [0.15, 0.2) is 6.10 Å². The van der Waals surface area contributed by atoms with E-state index in [9.17, 15) is 13.2 Å². The fourth-order valence-electron chi connectivity index (χ4n) is 3.17. The van der Waals surface area contributed by atoms with Crippen molar-refractivity contribution < 1.29 is 22.7 Å². The van der Waals surface area contributed by atoms with Gasteiger partial charge in [-0.1, -0.05) is 18.2 Å². The number of hydrogen-bond donors (Lipinski definition) is 0. The standard InChI is InChI=1S/C21H26N2O5S/c1-3-23(18-7-5-4-6-8-18)21(24)17(2)28-19-9-11-20(12-10-19)29(25,26)22-13-15-27-16-14-22/h4-12,17H,3,13-16H2,1-2H3/t17-/m1/s1. The molecular formula is C21H26N2O5S. The Hall–Kier alpha value is -2.42. The lowest BCUT2D eigenvalue weighted by atomic mass is 10.2. The van der Waals surface area contributed by atoms with E-state index in [4.69, 9.17) is 9.47 Å². The molecule has 1 aliphatic heterocycles. The molecule has 29 heavy (non-hydrogen) atoms. The van der Waals surface area contributed by atoms with Gasteiger partial charge < -0.3 is 14.4 Å². The highest BCUT2D eigenvalue weighted by atomic mass is 32.2.